The predicted molar refractivity (Wildman–Crippen MR) is 140 cm³/mol. The zero-order valence-electron chi connectivity index (χ0n) is 22.1. The lowest BCUT2D eigenvalue weighted by Crippen LogP contribution is -2.39. The number of carboxylic acids is 1. The summed E-state index contributed by atoms with van der Waals surface area (Å²) < 4.78 is 4.62. The minimum atomic E-state index is -0.993. The van der Waals surface area contributed by atoms with Crippen LogP contribution in [0.5, 0.6) is 0 Å². The average Bonchev–Trinajstić information content (AvgIpc) is 2.81. The van der Waals surface area contributed by atoms with Gasteiger partial charge in [0.1, 0.15) is 6.04 Å². The van der Waals surface area contributed by atoms with Crippen LogP contribution in [0.4, 0.5) is 0 Å². The second-order valence-electron chi connectivity index (χ2n) is 8.79. The van der Waals surface area contributed by atoms with Gasteiger partial charge in [-0.3, -0.25) is 9.59 Å². The first-order valence-electron chi connectivity index (χ1n) is 13.3. The van der Waals surface area contributed by atoms with Crippen molar-refractivity contribution >= 4 is 17.8 Å². The van der Waals surface area contributed by atoms with Gasteiger partial charge in [0.05, 0.1) is 7.11 Å². The van der Waals surface area contributed by atoms with Crippen molar-refractivity contribution in [2.45, 2.75) is 129 Å². The smallest absolute Gasteiger partial charge is 0.326 e. The number of unbranched alkanes of at least 4 members (excludes halogenated alkanes) is 12. The molecule has 0 fully saturated rings. The van der Waals surface area contributed by atoms with E-state index in [1.807, 2.05) is 0 Å². The molecule has 7 nitrogen and oxygen atoms in total. The molecule has 0 radical (unpaired) electrons. The van der Waals surface area contributed by atoms with Crippen molar-refractivity contribution in [3.63, 3.8) is 0 Å². The second kappa shape index (κ2) is 27.4. The molecule has 1 atom stereocenters. The maximum absolute atomic E-state index is 10.9. The lowest BCUT2D eigenvalue weighted by atomic mass is 10.1. The molecule has 0 spiro atoms. The molecular weight excluding hydrogens is 432 g/mol. The fourth-order valence-corrected chi connectivity index (χ4v) is 3.44. The zero-order valence-corrected chi connectivity index (χ0v) is 22.1. The number of carboxylic acid groups (broad SMARTS) is 1. The van der Waals surface area contributed by atoms with E-state index in [0.717, 1.165) is 19.3 Å². The van der Waals surface area contributed by atoms with E-state index in [4.69, 9.17) is 10.8 Å². The molecule has 200 valence electrons. The summed E-state index contributed by atoms with van der Waals surface area (Å²) in [5.74, 6) is -1.39. The van der Waals surface area contributed by atoms with Gasteiger partial charge < -0.3 is 20.9 Å². The summed E-state index contributed by atoms with van der Waals surface area (Å²) in [5, 5.41) is 11.0. The molecular formula is C27H52N2O5. The van der Waals surface area contributed by atoms with Crippen LogP contribution in [0.3, 0.4) is 0 Å². The van der Waals surface area contributed by atoms with Crippen LogP contribution in [0.25, 0.3) is 0 Å². The molecule has 0 heterocycles. The Hall–Kier alpha value is -1.89. The molecule has 4 N–H and O–H groups in total. The Morgan fingerprint density at radius 3 is 1.85 bits per heavy atom. The van der Waals surface area contributed by atoms with Gasteiger partial charge in [-0.2, -0.15) is 0 Å². The lowest BCUT2D eigenvalue weighted by Gasteiger charge is -2.12. The van der Waals surface area contributed by atoms with Crippen LogP contribution in [-0.2, 0) is 19.1 Å². The third-order valence-corrected chi connectivity index (χ3v) is 5.49. The number of aliphatic carboxylic acids is 1. The molecule has 0 saturated carbocycles. The van der Waals surface area contributed by atoms with Crippen LogP contribution in [-0.4, -0.2) is 42.6 Å². The van der Waals surface area contributed by atoms with Crippen LogP contribution < -0.4 is 11.1 Å². The molecule has 0 rings (SSSR count). The van der Waals surface area contributed by atoms with Gasteiger partial charge in [0.15, 0.2) is 0 Å². The molecule has 0 aliphatic carbocycles. The van der Waals surface area contributed by atoms with Gasteiger partial charge in [-0.1, -0.05) is 70.4 Å². The molecule has 7 heteroatoms. The summed E-state index contributed by atoms with van der Waals surface area (Å²) in [6.07, 6.45) is 23.9. The summed E-state index contributed by atoms with van der Waals surface area (Å²) in [6.45, 7) is 4.12. The van der Waals surface area contributed by atoms with Gasteiger partial charge in [0.2, 0.25) is 5.91 Å². The summed E-state index contributed by atoms with van der Waals surface area (Å²) in [6, 6.07) is -0.774. The van der Waals surface area contributed by atoms with Gasteiger partial charge in [0, 0.05) is 13.3 Å². The summed E-state index contributed by atoms with van der Waals surface area (Å²) in [5.41, 5.74) is 5.26. The highest BCUT2D eigenvalue weighted by Crippen LogP contribution is 2.10. The van der Waals surface area contributed by atoms with Crippen molar-refractivity contribution in [3.8, 4) is 0 Å². The number of carbonyl (C=O) groups is 3. The van der Waals surface area contributed by atoms with Crippen molar-refractivity contribution < 1.29 is 24.2 Å². The molecule has 0 aromatic rings. The Labute approximate surface area is 208 Å². The largest absolute Gasteiger partial charge is 0.480 e. The third-order valence-electron chi connectivity index (χ3n) is 5.49. The number of allylic oxidation sites excluding steroid dienone is 2. The molecule has 1 unspecified atom stereocenters. The quantitative estimate of drug-likeness (QED) is 0.106. The average molecular weight is 485 g/mol. The number of nitrogens with one attached hydrogen (secondary N) is 1. The molecule has 0 aliphatic rings. The highest BCUT2D eigenvalue weighted by molar-refractivity contribution is 5.81. The van der Waals surface area contributed by atoms with Crippen LogP contribution in [0, 0.1) is 0 Å². The number of rotatable bonds is 21. The minimum Gasteiger partial charge on any atom is -0.480 e. The molecule has 0 bridgehead atoms. The van der Waals surface area contributed by atoms with Gasteiger partial charge in [-0.25, -0.2) is 4.79 Å². The normalized spacial score (nSPS) is 11.5. The monoisotopic (exact) mass is 484 g/mol. The predicted octanol–water partition coefficient (Wildman–Crippen LogP) is 5.90. The summed E-state index contributed by atoms with van der Waals surface area (Å²) >= 11 is 0. The summed E-state index contributed by atoms with van der Waals surface area (Å²) in [7, 11) is 1.46. The highest BCUT2D eigenvalue weighted by atomic mass is 16.5. The fraction of sp³-hybridized carbons (Fsp3) is 0.815. The van der Waals surface area contributed by atoms with Crippen LogP contribution in [0.15, 0.2) is 12.2 Å². The zero-order chi connectivity index (χ0) is 25.9. The lowest BCUT2D eigenvalue weighted by molar-refractivity contribution is -0.142. The first-order valence-corrected chi connectivity index (χ1v) is 13.3. The standard InChI is InChI=1S/C19H36O2.C8H16N2O3/c1-3-4-5-6-7-8-9-10-11-12-13-14-15-16-17-18-19(20)21-2;1-6(11)10-7(8(12)13)4-2-3-5-9/h10-11H,3-9,12-18H2,1-2H3;7H,2-5,9H2,1H3,(H,10,11)(H,12,13)/b11-10-;. The Bertz CT molecular complexity index is 523. The van der Waals surface area contributed by atoms with Crippen molar-refractivity contribution in [1.29, 1.82) is 0 Å². The van der Waals surface area contributed by atoms with E-state index in [-0.39, 0.29) is 11.9 Å². The Balaban J connectivity index is 0. The first-order chi connectivity index (χ1) is 16.4. The van der Waals surface area contributed by atoms with Gasteiger partial charge in [-0.05, 0) is 57.9 Å². The van der Waals surface area contributed by atoms with E-state index in [1.165, 1.54) is 84.7 Å². The maximum Gasteiger partial charge on any atom is 0.326 e. The van der Waals surface area contributed by atoms with E-state index >= 15 is 0 Å². The van der Waals surface area contributed by atoms with Crippen LogP contribution in [0.1, 0.15) is 123 Å². The second-order valence-corrected chi connectivity index (χ2v) is 8.79. The van der Waals surface area contributed by atoms with Crippen molar-refractivity contribution in [3.05, 3.63) is 12.2 Å². The Kier molecular flexibility index (Phi) is 27.6. The van der Waals surface area contributed by atoms with Crippen molar-refractivity contribution in [2.24, 2.45) is 5.73 Å². The van der Waals surface area contributed by atoms with Gasteiger partial charge >= 0.3 is 11.9 Å². The van der Waals surface area contributed by atoms with Gasteiger partial charge in [0.25, 0.3) is 0 Å². The van der Waals surface area contributed by atoms with E-state index in [2.05, 4.69) is 29.1 Å². The highest BCUT2D eigenvalue weighted by Gasteiger charge is 2.16. The number of esters is 1. The first kappa shape index (κ1) is 34.3. The molecule has 0 saturated heterocycles. The number of ether oxygens (including phenoxy) is 1. The summed E-state index contributed by atoms with van der Waals surface area (Å²) in [4.78, 5) is 32.1. The Morgan fingerprint density at radius 2 is 1.38 bits per heavy atom. The molecule has 0 aromatic carbocycles. The number of hydrogen-bond acceptors (Lipinski definition) is 5. The fourth-order valence-electron chi connectivity index (χ4n) is 3.44. The van der Waals surface area contributed by atoms with Crippen molar-refractivity contribution in [1.82, 2.24) is 5.32 Å². The van der Waals surface area contributed by atoms with Gasteiger partial charge in [-0.15, -0.1) is 0 Å². The maximum atomic E-state index is 10.9. The number of amides is 1. The Morgan fingerprint density at radius 1 is 0.853 bits per heavy atom. The molecule has 34 heavy (non-hydrogen) atoms. The van der Waals surface area contributed by atoms with E-state index < -0.39 is 12.0 Å². The van der Waals surface area contributed by atoms with Crippen LogP contribution >= 0.6 is 0 Å². The topological polar surface area (TPSA) is 119 Å². The van der Waals surface area contributed by atoms with E-state index in [1.54, 1.807) is 0 Å². The molecule has 0 aromatic heterocycles. The minimum absolute atomic E-state index is 0.0763. The number of hydrogen-bond donors (Lipinski definition) is 3. The molecule has 1 amide bonds. The number of nitrogens with two attached hydrogens (primary N) is 1. The van der Waals surface area contributed by atoms with E-state index in [0.29, 0.717) is 25.8 Å². The van der Waals surface area contributed by atoms with Crippen LogP contribution in [0.2, 0.25) is 0 Å². The third kappa shape index (κ3) is 28.1. The van der Waals surface area contributed by atoms with E-state index in [9.17, 15) is 14.4 Å². The number of methoxy groups -OCH3 is 1. The molecule has 0 aliphatic heterocycles. The SMILES string of the molecule is CC(=O)NC(CCCCN)C(=O)O.CCCCCCCC/C=C\CCCCCCCC(=O)OC. The number of carbonyl (C=O) groups excluding carboxylic acids is 2. The van der Waals surface area contributed by atoms with Crippen molar-refractivity contribution in [2.75, 3.05) is 13.7 Å².